The second kappa shape index (κ2) is 8.32. The van der Waals surface area contributed by atoms with E-state index in [1.165, 1.54) is 0 Å². The number of anilines is 1. The summed E-state index contributed by atoms with van der Waals surface area (Å²) in [7, 11) is 0. The van der Waals surface area contributed by atoms with Crippen molar-refractivity contribution in [1.29, 1.82) is 0 Å². The summed E-state index contributed by atoms with van der Waals surface area (Å²) >= 11 is 0. The number of rotatable bonds is 5. The lowest BCUT2D eigenvalue weighted by atomic mass is 10.3. The molecule has 0 radical (unpaired) electrons. The summed E-state index contributed by atoms with van der Waals surface area (Å²) in [6.07, 6.45) is 2.81. The number of hydrogen-bond acceptors (Lipinski definition) is 7. The van der Waals surface area contributed by atoms with Crippen molar-refractivity contribution in [3.05, 3.63) is 42.1 Å². The molecule has 1 N–H and O–H groups in total. The molecule has 0 aliphatic carbocycles. The zero-order chi connectivity index (χ0) is 18.4. The van der Waals surface area contributed by atoms with Gasteiger partial charge in [-0.25, -0.2) is 14.8 Å². The van der Waals surface area contributed by atoms with Crippen LogP contribution in [-0.2, 0) is 11.3 Å². The van der Waals surface area contributed by atoms with Crippen LogP contribution in [0.4, 0.5) is 10.7 Å². The molecule has 9 heteroatoms. The Hall–Kier alpha value is -3.10. The van der Waals surface area contributed by atoms with E-state index in [0.717, 1.165) is 0 Å². The van der Waals surface area contributed by atoms with Crippen LogP contribution in [0.25, 0.3) is 0 Å². The predicted molar refractivity (Wildman–Crippen MR) is 92.7 cm³/mol. The van der Waals surface area contributed by atoms with E-state index in [2.05, 4.69) is 15.3 Å². The maximum Gasteiger partial charge on any atom is 0.409 e. The fourth-order valence-corrected chi connectivity index (χ4v) is 2.60. The number of aromatic nitrogens is 2. The Morgan fingerprint density at radius 3 is 2.77 bits per heavy atom. The minimum atomic E-state index is -0.306. The lowest BCUT2D eigenvalue weighted by Crippen LogP contribution is -2.49. The molecule has 26 heavy (non-hydrogen) atoms. The van der Waals surface area contributed by atoms with Gasteiger partial charge < -0.3 is 24.3 Å². The molecule has 1 aliphatic rings. The first kappa shape index (κ1) is 17.7. The number of carbonyl (C=O) groups excluding carboxylic acids is 2. The Bertz CT molecular complexity index is 741. The molecular weight excluding hydrogens is 338 g/mol. The first-order valence-corrected chi connectivity index (χ1v) is 8.47. The molecule has 0 unspecified atom stereocenters. The number of carbonyl (C=O) groups is 2. The van der Waals surface area contributed by atoms with Gasteiger partial charge >= 0.3 is 6.09 Å². The highest BCUT2D eigenvalue weighted by atomic mass is 16.6. The molecule has 3 heterocycles. The fraction of sp³-hybridized carbons (Fsp3) is 0.412. The molecule has 1 aliphatic heterocycles. The SMILES string of the molecule is CCOC(=O)N1CCN(c2nccc(C(=O)NCc3ccco3)n2)CC1. The summed E-state index contributed by atoms with van der Waals surface area (Å²) in [5.41, 5.74) is 0.286. The molecule has 2 aromatic heterocycles. The Labute approximate surface area is 151 Å². The van der Waals surface area contributed by atoms with Gasteiger partial charge in [-0.15, -0.1) is 0 Å². The molecule has 2 aromatic rings. The predicted octanol–water partition coefficient (Wildman–Crippen LogP) is 1.28. The summed E-state index contributed by atoms with van der Waals surface area (Å²) in [5, 5.41) is 2.76. The largest absolute Gasteiger partial charge is 0.467 e. The third kappa shape index (κ3) is 4.29. The molecule has 0 aromatic carbocycles. The van der Waals surface area contributed by atoms with Crippen molar-refractivity contribution >= 4 is 17.9 Å². The quantitative estimate of drug-likeness (QED) is 0.858. The lowest BCUT2D eigenvalue weighted by molar-refractivity contribution is 0.0943. The monoisotopic (exact) mass is 359 g/mol. The van der Waals surface area contributed by atoms with E-state index in [0.29, 0.717) is 51.0 Å². The Morgan fingerprint density at radius 2 is 2.08 bits per heavy atom. The van der Waals surface area contributed by atoms with E-state index < -0.39 is 0 Å². The molecule has 9 nitrogen and oxygen atoms in total. The van der Waals surface area contributed by atoms with Crippen molar-refractivity contribution in [1.82, 2.24) is 20.2 Å². The van der Waals surface area contributed by atoms with Crippen molar-refractivity contribution < 1.29 is 18.7 Å². The Kier molecular flexibility index (Phi) is 5.67. The molecule has 0 spiro atoms. The van der Waals surface area contributed by atoms with Crippen LogP contribution in [0.5, 0.6) is 0 Å². The summed E-state index contributed by atoms with van der Waals surface area (Å²) < 4.78 is 10.2. The van der Waals surface area contributed by atoms with E-state index in [1.54, 1.807) is 42.5 Å². The van der Waals surface area contributed by atoms with Crippen LogP contribution in [0.1, 0.15) is 23.2 Å². The van der Waals surface area contributed by atoms with Crippen LogP contribution in [-0.4, -0.2) is 59.7 Å². The maximum absolute atomic E-state index is 12.3. The average molecular weight is 359 g/mol. The molecular formula is C17H21N5O4. The number of furan rings is 1. The zero-order valence-corrected chi connectivity index (χ0v) is 14.6. The minimum absolute atomic E-state index is 0.286. The number of nitrogens with zero attached hydrogens (tertiary/aromatic N) is 4. The van der Waals surface area contributed by atoms with Gasteiger partial charge in [0.15, 0.2) is 0 Å². The van der Waals surface area contributed by atoms with Gasteiger partial charge in [-0.2, -0.15) is 0 Å². The number of ether oxygens (including phenoxy) is 1. The number of nitrogens with one attached hydrogen (secondary N) is 1. The van der Waals surface area contributed by atoms with Gasteiger partial charge in [-0.1, -0.05) is 0 Å². The normalized spacial score (nSPS) is 14.2. The summed E-state index contributed by atoms with van der Waals surface area (Å²) in [6.45, 7) is 4.64. The second-order valence-corrected chi connectivity index (χ2v) is 5.68. The number of piperazine rings is 1. The van der Waals surface area contributed by atoms with Gasteiger partial charge in [0.2, 0.25) is 5.95 Å². The third-order valence-electron chi connectivity index (χ3n) is 3.97. The molecule has 1 fully saturated rings. The molecule has 0 bridgehead atoms. The molecule has 0 saturated carbocycles. The van der Waals surface area contributed by atoms with Crippen LogP contribution in [0.3, 0.4) is 0 Å². The van der Waals surface area contributed by atoms with Crippen LogP contribution >= 0.6 is 0 Å². The van der Waals surface area contributed by atoms with Crippen LogP contribution < -0.4 is 10.2 Å². The lowest BCUT2D eigenvalue weighted by Gasteiger charge is -2.34. The van der Waals surface area contributed by atoms with E-state index in [4.69, 9.17) is 9.15 Å². The molecule has 0 atom stereocenters. The first-order valence-electron chi connectivity index (χ1n) is 8.47. The smallest absolute Gasteiger partial charge is 0.409 e. The van der Waals surface area contributed by atoms with E-state index in [1.807, 2.05) is 4.90 Å². The second-order valence-electron chi connectivity index (χ2n) is 5.68. The average Bonchev–Trinajstić information content (AvgIpc) is 3.20. The van der Waals surface area contributed by atoms with Gasteiger partial charge in [-0.05, 0) is 25.1 Å². The molecule has 138 valence electrons. The Balaban J connectivity index is 1.57. The summed E-state index contributed by atoms with van der Waals surface area (Å²) in [5.74, 6) is 0.845. The molecule has 1 saturated heterocycles. The van der Waals surface area contributed by atoms with E-state index >= 15 is 0 Å². The Morgan fingerprint density at radius 1 is 1.27 bits per heavy atom. The van der Waals surface area contributed by atoms with Crippen molar-refractivity contribution in [3.8, 4) is 0 Å². The zero-order valence-electron chi connectivity index (χ0n) is 14.6. The van der Waals surface area contributed by atoms with E-state index in [9.17, 15) is 9.59 Å². The molecule has 2 amide bonds. The van der Waals surface area contributed by atoms with Gasteiger partial charge in [0, 0.05) is 32.4 Å². The van der Waals surface area contributed by atoms with Crippen LogP contribution in [0.15, 0.2) is 35.1 Å². The highest BCUT2D eigenvalue weighted by Crippen LogP contribution is 2.12. The van der Waals surface area contributed by atoms with Crippen molar-refractivity contribution in [3.63, 3.8) is 0 Å². The van der Waals surface area contributed by atoms with Gasteiger partial charge in [0.25, 0.3) is 5.91 Å². The number of hydrogen-bond donors (Lipinski definition) is 1. The van der Waals surface area contributed by atoms with Crippen molar-refractivity contribution in [2.45, 2.75) is 13.5 Å². The van der Waals surface area contributed by atoms with Crippen molar-refractivity contribution in [2.75, 3.05) is 37.7 Å². The highest BCUT2D eigenvalue weighted by Gasteiger charge is 2.23. The van der Waals surface area contributed by atoms with Gasteiger partial charge in [0.05, 0.1) is 19.4 Å². The van der Waals surface area contributed by atoms with Gasteiger partial charge in [-0.3, -0.25) is 4.79 Å². The summed E-state index contributed by atoms with van der Waals surface area (Å²) in [6, 6.07) is 5.12. The first-order chi connectivity index (χ1) is 12.7. The van der Waals surface area contributed by atoms with Crippen LogP contribution in [0.2, 0.25) is 0 Å². The summed E-state index contributed by atoms with van der Waals surface area (Å²) in [4.78, 5) is 36.2. The van der Waals surface area contributed by atoms with E-state index in [-0.39, 0.29) is 17.7 Å². The highest BCUT2D eigenvalue weighted by molar-refractivity contribution is 5.92. The minimum Gasteiger partial charge on any atom is -0.467 e. The van der Waals surface area contributed by atoms with Crippen LogP contribution in [0, 0.1) is 0 Å². The van der Waals surface area contributed by atoms with Crippen molar-refractivity contribution in [2.24, 2.45) is 0 Å². The standard InChI is InChI=1S/C17H21N5O4/c1-2-25-17(24)22-9-7-21(8-10-22)16-18-6-5-14(20-16)15(23)19-12-13-4-3-11-26-13/h3-6,11H,2,7-10,12H2,1H3,(H,19,23). The topological polar surface area (TPSA) is 101 Å². The molecule has 3 rings (SSSR count). The number of amides is 2. The third-order valence-corrected chi connectivity index (χ3v) is 3.97. The maximum atomic E-state index is 12.3. The fourth-order valence-electron chi connectivity index (χ4n) is 2.60. The van der Waals surface area contributed by atoms with Gasteiger partial charge in [0.1, 0.15) is 11.5 Å².